The number of carbonyl (C=O) groups is 2. The fraction of sp³-hybridized carbons (Fsp3) is 0.375. The van der Waals surface area contributed by atoms with Gasteiger partial charge in [-0.05, 0) is 41.7 Å². The summed E-state index contributed by atoms with van der Waals surface area (Å²) in [6.45, 7) is 0.637. The molecule has 8 heteroatoms. The first kappa shape index (κ1) is 21.8. The number of benzene rings is 2. The number of anilines is 1. The van der Waals surface area contributed by atoms with Crippen LogP contribution >= 0.6 is 0 Å². The third-order valence-electron chi connectivity index (χ3n) is 6.52. The Labute approximate surface area is 186 Å². The number of fused-ring (bicyclic) bond motifs is 1. The first-order valence-corrected chi connectivity index (χ1v) is 10.5. The van der Waals surface area contributed by atoms with E-state index in [1.165, 1.54) is 0 Å². The molecule has 2 aromatic rings. The summed E-state index contributed by atoms with van der Waals surface area (Å²) in [5.41, 5.74) is 14.2. The highest BCUT2D eigenvalue weighted by molar-refractivity contribution is 5.98. The molecule has 1 saturated heterocycles. The maximum Gasteiger partial charge on any atom is 0.264 e. The lowest BCUT2D eigenvalue weighted by atomic mass is 9.71. The van der Waals surface area contributed by atoms with Crippen molar-refractivity contribution in [2.24, 2.45) is 23.3 Å². The van der Waals surface area contributed by atoms with Gasteiger partial charge in [0.15, 0.2) is 6.61 Å². The van der Waals surface area contributed by atoms with Gasteiger partial charge >= 0.3 is 0 Å². The minimum atomic E-state index is -1.24. The molecular weight excluding hydrogens is 408 g/mol. The molecule has 0 radical (unpaired) electrons. The Kier molecular flexibility index (Phi) is 5.87. The van der Waals surface area contributed by atoms with E-state index in [4.69, 9.17) is 20.9 Å². The third kappa shape index (κ3) is 3.93. The predicted octanol–water partition coefficient (Wildman–Crippen LogP) is 1.61. The van der Waals surface area contributed by atoms with Gasteiger partial charge in [-0.2, -0.15) is 5.26 Å². The van der Waals surface area contributed by atoms with Crippen molar-refractivity contribution in [3.05, 3.63) is 48.0 Å². The van der Waals surface area contributed by atoms with Crippen LogP contribution < -0.4 is 21.1 Å². The summed E-state index contributed by atoms with van der Waals surface area (Å²) >= 11 is 0. The Morgan fingerprint density at radius 1 is 1.28 bits per heavy atom. The summed E-state index contributed by atoms with van der Waals surface area (Å²) in [5, 5.41) is 9.79. The maximum atomic E-state index is 12.0. The number of rotatable bonds is 5. The molecule has 32 heavy (non-hydrogen) atoms. The van der Waals surface area contributed by atoms with Crippen molar-refractivity contribution in [3.8, 4) is 22.9 Å². The number of nitrogens with zero attached hydrogens (tertiary/aromatic N) is 2. The fourth-order valence-electron chi connectivity index (χ4n) is 4.38. The van der Waals surface area contributed by atoms with Gasteiger partial charge in [-0.25, -0.2) is 0 Å². The molecule has 166 valence electrons. The summed E-state index contributed by atoms with van der Waals surface area (Å²) in [6.07, 6.45) is 0.745. The van der Waals surface area contributed by atoms with Crippen LogP contribution in [0.4, 0.5) is 5.69 Å². The molecule has 2 amide bonds. The van der Waals surface area contributed by atoms with E-state index in [0.29, 0.717) is 25.2 Å². The molecule has 2 aromatic carbocycles. The van der Waals surface area contributed by atoms with Gasteiger partial charge < -0.3 is 25.8 Å². The highest BCUT2D eigenvalue weighted by Gasteiger charge is 2.47. The van der Waals surface area contributed by atoms with Crippen LogP contribution in [0.25, 0.3) is 11.1 Å². The Morgan fingerprint density at radius 2 is 2.00 bits per heavy atom. The van der Waals surface area contributed by atoms with Crippen LogP contribution in [0.1, 0.15) is 12.0 Å². The van der Waals surface area contributed by atoms with Gasteiger partial charge in [0.05, 0.1) is 24.3 Å². The number of likely N-dealkylation sites (N-methyl/N-ethyl adjacent to an activating group) is 1. The zero-order valence-electron chi connectivity index (χ0n) is 17.9. The Balaban J connectivity index is 1.53. The largest absolute Gasteiger partial charge is 0.482 e. The van der Waals surface area contributed by atoms with Crippen LogP contribution in [0.5, 0.6) is 5.75 Å². The minimum Gasteiger partial charge on any atom is -0.482 e. The summed E-state index contributed by atoms with van der Waals surface area (Å²) < 4.78 is 11.0. The average molecular weight is 434 g/mol. The van der Waals surface area contributed by atoms with E-state index in [1.54, 1.807) is 11.9 Å². The van der Waals surface area contributed by atoms with E-state index >= 15 is 0 Å². The second-order valence-corrected chi connectivity index (χ2v) is 8.40. The van der Waals surface area contributed by atoms with Gasteiger partial charge in [0.25, 0.3) is 5.91 Å². The van der Waals surface area contributed by atoms with Crippen LogP contribution in [0.2, 0.25) is 0 Å². The molecule has 0 aliphatic carbocycles. The molecule has 0 saturated carbocycles. The van der Waals surface area contributed by atoms with Crippen molar-refractivity contribution in [2.45, 2.75) is 18.4 Å². The summed E-state index contributed by atoms with van der Waals surface area (Å²) in [6, 6.07) is 15.9. The normalized spacial score (nSPS) is 23.6. The van der Waals surface area contributed by atoms with Gasteiger partial charge in [0, 0.05) is 19.6 Å². The van der Waals surface area contributed by atoms with Crippen LogP contribution in [-0.2, 0) is 20.7 Å². The summed E-state index contributed by atoms with van der Waals surface area (Å²) in [7, 11) is 1.73. The first-order chi connectivity index (χ1) is 15.3. The molecule has 0 spiro atoms. The lowest BCUT2D eigenvalue weighted by Gasteiger charge is -2.40. The molecule has 8 nitrogen and oxygen atoms in total. The van der Waals surface area contributed by atoms with Crippen LogP contribution in [-0.4, -0.2) is 44.2 Å². The van der Waals surface area contributed by atoms with Crippen molar-refractivity contribution in [1.82, 2.24) is 0 Å². The standard InChI is InChI=1S/C24H26N4O4/c1-28-20-11-17(6-7-21(20)32-14-22(28)29)16-4-2-15(3-5-16)10-18(12-25)19-13-31-9-8-24(19,27)23(26)30/h2-7,11,18-19H,8-10,13-14,27H2,1H3,(H2,26,30). The number of ether oxygens (including phenoxy) is 2. The Morgan fingerprint density at radius 3 is 2.69 bits per heavy atom. The van der Waals surface area contributed by atoms with E-state index < -0.39 is 23.3 Å². The SMILES string of the molecule is CN1C(=O)COc2ccc(-c3ccc(CC(C#N)C4COCCC4(N)C(N)=O)cc3)cc21. The van der Waals surface area contributed by atoms with E-state index in [2.05, 4.69) is 6.07 Å². The van der Waals surface area contributed by atoms with Gasteiger partial charge in [0.1, 0.15) is 11.3 Å². The molecule has 2 aliphatic rings. The zero-order chi connectivity index (χ0) is 22.9. The highest BCUT2D eigenvalue weighted by Crippen LogP contribution is 2.36. The lowest BCUT2D eigenvalue weighted by molar-refractivity contribution is -0.131. The van der Waals surface area contributed by atoms with Crippen molar-refractivity contribution < 1.29 is 19.1 Å². The minimum absolute atomic E-state index is 0.0451. The van der Waals surface area contributed by atoms with Crippen LogP contribution in [0.15, 0.2) is 42.5 Å². The van der Waals surface area contributed by atoms with Crippen molar-refractivity contribution >= 4 is 17.5 Å². The third-order valence-corrected chi connectivity index (χ3v) is 6.52. The van der Waals surface area contributed by atoms with Gasteiger partial charge in [-0.3, -0.25) is 9.59 Å². The van der Waals surface area contributed by atoms with Crippen molar-refractivity contribution in [1.29, 1.82) is 5.26 Å². The topological polar surface area (TPSA) is 132 Å². The Bertz CT molecular complexity index is 1080. The molecule has 1 fully saturated rings. The summed E-state index contributed by atoms with van der Waals surface area (Å²) in [5.74, 6) is -0.975. The highest BCUT2D eigenvalue weighted by atomic mass is 16.5. The molecule has 0 aromatic heterocycles. The molecule has 3 atom stereocenters. The van der Waals surface area contributed by atoms with E-state index in [-0.39, 0.29) is 19.1 Å². The second kappa shape index (κ2) is 8.61. The average Bonchev–Trinajstić information content (AvgIpc) is 2.80. The molecule has 4 rings (SSSR count). The van der Waals surface area contributed by atoms with Gasteiger partial charge in [0.2, 0.25) is 5.91 Å². The number of hydrogen-bond acceptors (Lipinski definition) is 6. The molecule has 0 bridgehead atoms. The van der Waals surface area contributed by atoms with Gasteiger partial charge in [-0.15, -0.1) is 0 Å². The predicted molar refractivity (Wildman–Crippen MR) is 119 cm³/mol. The van der Waals surface area contributed by atoms with E-state index in [0.717, 1.165) is 22.4 Å². The molecule has 2 aliphatic heterocycles. The first-order valence-electron chi connectivity index (χ1n) is 10.5. The number of nitrogens with two attached hydrogens (primary N) is 2. The number of primary amides is 1. The summed E-state index contributed by atoms with van der Waals surface area (Å²) in [4.78, 5) is 25.5. The number of amides is 2. The quantitative estimate of drug-likeness (QED) is 0.735. The second-order valence-electron chi connectivity index (χ2n) is 8.40. The monoisotopic (exact) mass is 434 g/mol. The van der Waals surface area contributed by atoms with E-state index in [9.17, 15) is 14.9 Å². The van der Waals surface area contributed by atoms with E-state index in [1.807, 2.05) is 42.5 Å². The van der Waals surface area contributed by atoms with Crippen molar-refractivity contribution in [3.63, 3.8) is 0 Å². The molecule has 4 N–H and O–H groups in total. The number of carbonyl (C=O) groups excluding carboxylic acids is 2. The molecule has 3 unspecified atom stereocenters. The molecule has 2 heterocycles. The smallest absolute Gasteiger partial charge is 0.264 e. The lowest BCUT2D eigenvalue weighted by Crippen LogP contribution is -2.63. The maximum absolute atomic E-state index is 12.0. The van der Waals surface area contributed by atoms with Crippen LogP contribution in [0.3, 0.4) is 0 Å². The van der Waals surface area contributed by atoms with Gasteiger partial charge in [-0.1, -0.05) is 30.3 Å². The number of nitriles is 1. The Hall–Kier alpha value is -3.41. The van der Waals surface area contributed by atoms with Crippen LogP contribution in [0, 0.1) is 23.2 Å². The number of hydrogen-bond donors (Lipinski definition) is 2. The zero-order valence-corrected chi connectivity index (χ0v) is 17.9. The molecular formula is C24H26N4O4. The van der Waals surface area contributed by atoms with Crippen molar-refractivity contribution in [2.75, 3.05) is 31.8 Å². The fourth-order valence-corrected chi connectivity index (χ4v) is 4.38.